The van der Waals surface area contributed by atoms with Crippen LogP contribution >= 0.6 is 0 Å². The van der Waals surface area contributed by atoms with E-state index in [2.05, 4.69) is 4.72 Å². The summed E-state index contributed by atoms with van der Waals surface area (Å²) in [6.07, 6.45) is 5.52. The van der Waals surface area contributed by atoms with Crippen molar-refractivity contribution in [1.82, 2.24) is 4.90 Å². The van der Waals surface area contributed by atoms with Crippen molar-refractivity contribution >= 4 is 21.6 Å². The van der Waals surface area contributed by atoms with Gasteiger partial charge in [-0.1, -0.05) is 18.9 Å². The van der Waals surface area contributed by atoms with Gasteiger partial charge in [0.1, 0.15) is 0 Å². The molecule has 0 heterocycles. The maximum absolute atomic E-state index is 12.6. The zero-order valence-electron chi connectivity index (χ0n) is 12.7. The minimum atomic E-state index is -3.35. The smallest absolute Gasteiger partial charge is 0.254 e. The Morgan fingerprint density at radius 2 is 1.90 bits per heavy atom. The normalized spacial score (nSPS) is 16.0. The fraction of sp³-hybridized carbons (Fsp3) is 0.533. The van der Waals surface area contributed by atoms with Crippen LogP contribution in [0.25, 0.3) is 0 Å². The summed E-state index contributed by atoms with van der Waals surface area (Å²) in [6, 6.07) is 5.42. The number of nitrogens with one attached hydrogen (secondary N) is 1. The zero-order chi connectivity index (χ0) is 15.6. The number of rotatable bonds is 4. The van der Waals surface area contributed by atoms with Gasteiger partial charge < -0.3 is 4.90 Å². The lowest BCUT2D eigenvalue weighted by Gasteiger charge is -2.25. The summed E-state index contributed by atoms with van der Waals surface area (Å²) >= 11 is 0. The Balaban J connectivity index is 2.27. The third kappa shape index (κ3) is 3.75. The second kappa shape index (κ2) is 6.05. The van der Waals surface area contributed by atoms with Crippen molar-refractivity contribution in [2.45, 2.75) is 38.6 Å². The predicted molar refractivity (Wildman–Crippen MR) is 84.0 cm³/mol. The molecule has 116 valence electrons. The summed E-state index contributed by atoms with van der Waals surface area (Å²) in [7, 11) is -1.53. The van der Waals surface area contributed by atoms with Crippen molar-refractivity contribution < 1.29 is 13.2 Å². The molecule has 1 aliphatic rings. The summed E-state index contributed by atoms with van der Waals surface area (Å²) in [5.41, 5.74) is 1.68. The van der Waals surface area contributed by atoms with Crippen molar-refractivity contribution in [3.63, 3.8) is 0 Å². The van der Waals surface area contributed by atoms with E-state index >= 15 is 0 Å². The van der Waals surface area contributed by atoms with Crippen LogP contribution in [0, 0.1) is 6.92 Å². The van der Waals surface area contributed by atoms with Crippen LogP contribution in [-0.2, 0) is 10.0 Å². The zero-order valence-corrected chi connectivity index (χ0v) is 13.5. The van der Waals surface area contributed by atoms with Crippen LogP contribution in [0.5, 0.6) is 0 Å². The molecule has 0 radical (unpaired) electrons. The number of hydrogen-bond acceptors (Lipinski definition) is 3. The Morgan fingerprint density at radius 1 is 1.29 bits per heavy atom. The van der Waals surface area contributed by atoms with Crippen LogP contribution in [-0.4, -0.2) is 38.6 Å². The lowest BCUT2D eigenvalue weighted by atomic mass is 10.0. The number of anilines is 1. The molecular weight excluding hydrogens is 288 g/mol. The fourth-order valence-corrected chi connectivity index (χ4v) is 3.45. The van der Waals surface area contributed by atoms with E-state index in [-0.39, 0.29) is 5.91 Å². The molecule has 0 spiro atoms. The molecule has 5 nitrogen and oxygen atoms in total. The molecule has 0 unspecified atom stereocenters. The minimum Gasteiger partial charge on any atom is -0.339 e. The Kier molecular flexibility index (Phi) is 4.56. The van der Waals surface area contributed by atoms with E-state index < -0.39 is 10.0 Å². The van der Waals surface area contributed by atoms with Crippen LogP contribution < -0.4 is 4.72 Å². The summed E-state index contributed by atoms with van der Waals surface area (Å²) < 4.78 is 25.2. The van der Waals surface area contributed by atoms with Gasteiger partial charge in [-0.05, 0) is 37.5 Å². The topological polar surface area (TPSA) is 66.5 Å². The van der Waals surface area contributed by atoms with Crippen molar-refractivity contribution in [1.29, 1.82) is 0 Å². The molecule has 21 heavy (non-hydrogen) atoms. The minimum absolute atomic E-state index is 0.0449. The number of hydrogen-bond donors (Lipinski definition) is 1. The van der Waals surface area contributed by atoms with Crippen LogP contribution in [0.15, 0.2) is 18.2 Å². The summed E-state index contributed by atoms with van der Waals surface area (Å²) in [4.78, 5) is 14.4. The van der Waals surface area contributed by atoms with Gasteiger partial charge in [-0.3, -0.25) is 9.52 Å². The van der Waals surface area contributed by atoms with Crippen molar-refractivity contribution in [3.8, 4) is 0 Å². The van der Waals surface area contributed by atoms with Crippen LogP contribution in [0.3, 0.4) is 0 Å². The number of carbonyl (C=O) groups is 1. The van der Waals surface area contributed by atoms with Crippen LogP contribution in [0.2, 0.25) is 0 Å². The van der Waals surface area contributed by atoms with Gasteiger partial charge in [-0.2, -0.15) is 0 Å². The van der Waals surface area contributed by atoms with Crippen molar-refractivity contribution in [2.75, 3.05) is 18.0 Å². The third-order valence-electron chi connectivity index (χ3n) is 4.05. The predicted octanol–water partition coefficient (Wildman–Crippen LogP) is 2.38. The van der Waals surface area contributed by atoms with Gasteiger partial charge in [0.05, 0.1) is 11.9 Å². The van der Waals surface area contributed by atoms with E-state index in [0.29, 0.717) is 22.9 Å². The van der Waals surface area contributed by atoms with Crippen molar-refractivity contribution in [3.05, 3.63) is 29.3 Å². The number of sulfonamides is 1. The first-order valence-electron chi connectivity index (χ1n) is 7.14. The molecule has 1 fully saturated rings. The van der Waals surface area contributed by atoms with E-state index in [1.807, 2.05) is 7.05 Å². The van der Waals surface area contributed by atoms with E-state index in [4.69, 9.17) is 0 Å². The number of amides is 1. The lowest BCUT2D eigenvalue weighted by molar-refractivity contribution is 0.0734. The molecule has 1 aliphatic carbocycles. The molecule has 1 N–H and O–H groups in total. The highest BCUT2D eigenvalue weighted by atomic mass is 32.2. The molecule has 6 heteroatoms. The van der Waals surface area contributed by atoms with Gasteiger partial charge in [0, 0.05) is 18.7 Å². The molecule has 1 saturated carbocycles. The Bertz CT molecular complexity index is 634. The van der Waals surface area contributed by atoms with Crippen LogP contribution in [0.1, 0.15) is 41.6 Å². The highest BCUT2D eigenvalue weighted by molar-refractivity contribution is 7.92. The first-order chi connectivity index (χ1) is 9.79. The Morgan fingerprint density at radius 3 is 2.48 bits per heavy atom. The highest BCUT2D eigenvalue weighted by Crippen LogP contribution is 2.26. The summed E-state index contributed by atoms with van der Waals surface area (Å²) in [5, 5.41) is 0. The van der Waals surface area contributed by atoms with E-state index in [9.17, 15) is 13.2 Å². The molecule has 1 amide bonds. The van der Waals surface area contributed by atoms with Gasteiger partial charge in [-0.25, -0.2) is 8.42 Å². The van der Waals surface area contributed by atoms with Crippen molar-refractivity contribution in [2.24, 2.45) is 0 Å². The second-order valence-electron chi connectivity index (χ2n) is 5.71. The van der Waals surface area contributed by atoms with E-state index in [1.54, 1.807) is 30.0 Å². The molecule has 1 aromatic rings. The number of carbonyl (C=O) groups excluding carboxylic acids is 1. The Hall–Kier alpha value is -1.56. The van der Waals surface area contributed by atoms with Gasteiger partial charge in [0.2, 0.25) is 10.0 Å². The number of nitrogens with zero attached hydrogens (tertiary/aromatic N) is 1. The Labute approximate surface area is 126 Å². The fourth-order valence-electron chi connectivity index (χ4n) is 2.83. The SMILES string of the molecule is Cc1c(NS(C)(=O)=O)cccc1C(=O)N(C)C1CCCC1. The monoisotopic (exact) mass is 310 g/mol. The first-order valence-corrected chi connectivity index (χ1v) is 9.03. The van der Waals surface area contributed by atoms with Gasteiger partial charge in [0.25, 0.3) is 5.91 Å². The largest absolute Gasteiger partial charge is 0.339 e. The molecule has 1 aromatic carbocycles. The average Bonchev–Trinajstić information content (AvgIpc) is 2.92. The molecule has 0 atom stereocenters. The first kappa shape index (κ1) is 15.8. The second-order valence-corrected chi connectivity index (χ2v) is 7.46. The van der Waals surface area contributed by atoms with Gasteiger partial charge in [-0.15, -0.1) is 0 Å². The number of benzene rings is 1. The maximum Gasteiger partial charge on any atom is 0.254 e. The van der Waals surface area contributed by atoms with Gasteiger partial charge >= 0.3 is 0 Å². The molecule has 0 aromatic heterocycles. The summed E-state index contributed by atoms with van der Waals surface area (Å²) in [5.74, 6) is -0.0449. The standard InChI is InChI=1S/C15H22N2O3S/c1-11-13(9-6-10-14(11)16-21(3,19)20)15(18)17(2)12-7-4-5-8-12/h6,9-10,12,16H,4-5,7-8H2,1-3H3. The molecule has 2 rings (SSSR count). The highest BCUT2D eigenvalue weighted by Gasteiger charge is 2.25. The maximum atomic E-state index is 12.6. The summed E-state index contributed by atoms with van der Waals surface area (Å²) in [6.45, 7) is 1.77. The molecule has 0 aliphatic heterocycles. The lowest BCUT2D eigenvalue weighted by Crippen LogP contribution is -2.35. The van der Waals surface area contributed by atoms with Gasteiger partial charge in [0.15, 0.2) is 0 Å². The molecular formula is C15H22N2O3S. The van der Waals surface area contributed by atoms with E-state index in [1.165, 1.54) is 0 Å². The third-order valence-corrected chi connectivity index (χ3v) is 4.64. The average molecular weight is 310 g/mol. The van der Waals surface area contributed by atoms with E-state index in [0.717, 1.165) is 31.9 Å². The molecule has 0 saturated heterocycles. The van der Waals surface area contributed by atoms with Crippen LogP contribution in [0.4, 0.5) is 5.69 Å². The molecule has 0 bridgehead atoms. The quantitative estimate of drug-likeness (QED) is 0.928.